The van der Waals surface area contributed by atoms with Gasteiger partial charge < -0.3 is 59.3 Å². The van der Waals surface area contributed by atoms with Gasteiger partial charge in [0.1, 0.15) is 48.8 Å². The van der Waals surface area contributed by atoms with Crippen molar-refractivity contribution in [2.24, 2.45) is 5.92 Å². The lowest BCUT2D eigenvalue weighted by Gasteiger charge is -2.47. The van der Waals surface area contributed by atoms with Crippen LogP contribution in [0.1, 0.15) is 52.4 Å². The highest BCUT2D eigenvalue weighted by Gasteiger charge is 2.51. The summed E-state index contributed by atoms with van der Waals surface area (Å²) in [7, 11) is 1.52. The summed E-state index contributed by atoms with van der Waals surface area (Å²) in [4.78, 5) is 12.5. The molecule has 7 unspecified atom stereocenters. The minimum Gasteiger partial charge on any atom is -0.394 e. The molecule has 4 fully saturated rings. The number of carbonyl (C=O) groups excluding carboxylic acids is 1. The maximum Gasteiger partial charge on any atom is 0.248 e. The number of likely N-dealkylation sites (N-methyl/N-ethyl adjacent to an activating group) is 1. The van der Waals surface area contributed by atoms with Gasteiger partial charge in [-0.25, -0.2) is 0 Å². The number of aliphatic hydroxyl groups is 5. The monoisotopic (exact) mass is 563 g/mol. The maximum atomic E-state index is 12.5. The molecule has 14 atom stereocenters. The number of ether oxygens (including phenoxy) is 6. The van der Waals surface area contributed by atoms with Crippen molar-refractivity contribution in [3.05, 3.63) is 0 Å². The second kappa shape index (κ2) is 13.8. The molecule has 0 bridgehead atoms. The van der Waals surface area contributed by atoms with E-state index in [0.717, 1.165) is 12.8 Å². The third-order valence-electron chi connectivity index (χ3n) is 8.31. The summed E-state index contributed by atoms with van der Waals surface area (Å²) in [5, 5.41) is 54.4. The van der Waals surface area contributed by atoms with Gasteiger partial charge in [0.15, 0.2) is 12.6 Å². The zero-order chi connectivity index (χ0) is 28.3. The van der Waals surface area contributed by atoms with Gasteiger partial charge in [0, 0.05) is 13.7 Å². The number of hydrogen-bond donors (Lipinski definition) is 6. The molecule has 0 aromatic carbocycles. The van der Waals surface area contributed by atoms with Gasteiger partial charge in [-0.05, 0) is 44.9 Å². The Morgan fingerprint density at radius 2 is 1.62 bits per heavy atom. The quantitative estimate of drug-likeness (QED) is 0.221. The van der Waals surface area contributed by atoms with Gasteiger partial charge in [-0.2, -0.15) is 0 Å². The number of aliphatic hydroxyl groups excluding tert-OH is 5. The van der Waals surface area contributed by atoms with E-state index in [4.69, 9.17) is 28.4 Å². The molecule has 0 aromatic heterocycles. The SMILES string of the molecule is CNC(=O)[C@H]1CCCCOC2C(O1)[C@@H](O)C(CO)O[C@H]2O[C@@H]1CCCC(C)C1O[C@@H]1OC(C)[C@@H](O)C(O)[C@@H]1O. The van der Waals surface area contributed by atoms with Crippen molar-refractivity contribution in [2.45, 2.75) is 132 Å². The standard InChI is InChI=1S/C26H45NO12/c1-12-7-6-9-14(21(12)39-25-20(32)19(31)17(29)13(2)35-25)37-26-23-22(18(30)16(11-28)38-26)36-15(24(33)27-3)8-4-5-10-34-23/h12-23,25-26,28-32H,4-11H2,1-3H3,(H,27,33)/t12?,13?,14-,15-,16?,17-,18+,19?,20+,21?,22?,23?,25+,26-/m1/s1. The molecule has 3 aliphatic heterocycles. The number of hydrogen-bond acceptors (Lipinski definition) is 12. The van der Waals surface area contributed by atoms with E-state index in [1.54, 1.807) is 6.92 Å². The summed E-state index contributed by atoms with van der Waals surface area (Å²) < 4.78 is 36.5. The maximum absolute atomic E-state index is 12.5. The minimum absolute atomic E-state index is 0.00667. The highest BCUT2D eigenvalue weighted by Crippen LogP contribution is 2.36. The first-order valence-electron chi connectivity index (χ1n) is 14.1. The predicted octanol–water partition coefficient (Wildman–Crippen LogP) is -1.45. The Balaban J connectivity index is 1.54. The predicted molar refractivity (Wildman–Crippen MR) is 133 cm³/mol. The van der Waals surface area contributed by atoms with E-state index < -0.39 is 86.3 Å². The van der Waals surface area contributed by atoms with Gasteiger partial charge >= 0.3 is 0 Å². The Labute approximate surface area is 228 Å². The molecular formula is C26H45NO12. The zero-order valence-electron chi connectivity index (χ0n) is 22.8. The summed E-state index contributed by atoms with van der Waals surface area (Å²) in [5.41, 5.74) is 0. The third kappa shape index (κ3) is 6.92. The summed E-state index contributed by atoms with van der Waals surface area (Å²) in [6.07, 6.45) is -9.16. The van der Waals surface area contributed by atoms with E-state index >= 15 is 0 Å². The van der Waals surface area contributed by atoms with E-state index in [-0.39, 0.29) is 11.8 Å². The normalized spacial score (nSPS) is 47.8. The molecule has 6 N–H and O–H groups in total. The van der Waals surface area contributed by atoms with E-state index in [1.165, 1.54) is 7.05 Å². The van der Waals surface area contributed by atoms with Crippen molar-refractivity contribution in [1.29, 1.82) is 0 Å². The zero-order valence-corrected chi connectivity index (χ0v) is 22.8. The van der Waals surface area contributed by atoms with Crippen LogP contribution < -0.4 is 5.32 Å². The van der Waals surface area contributed by atoms with Gasteiger partial charge in [-0.15, -0.1) is 0 Å². The summed E-state index contributed by atoms with van der Waals surface area (Å²) in [6, 6.07) is 0. The van der Waals surface area contributed by atoms with Crippen molar-refractivity contribution >= 4 is 5.91 Å². The van der Waals surface area contributed by atoms with Crippen LogP contribution in [0.5, 0.6) is 0 Å². The summed E-state index contributed by atoms with van der Waals surface area (Å²) >= 11 is 0. The largest absolute Gasteiger partial charge is 0.394 e. The molecule has 0 aromatic rings. The van der Waals surface area contributed by atoms with Crippen LogP contribution in [0, 0.1) is 5.92 Å². The van der Waals surface area contributed by atoms with E-state index in [1.807, 2.05) is 6.92 Å². The van der Waals surface area contributed by atoms with Gasteiger partial charge in [0.2, 0.25) is 5.91 Å². The van der Waals surface area contributed by atoms with Crippen molar-refractivity contribution in [3.8, 4) is 0 Å². The Kier molecular flexibility index (Phi) is 11.0. The van der Waals surface area contributed by atoms with Crippen molar-refractivity contribution in [2.75, 3.05) is 20.3 Å². The molecule has 4 rings (SSSR count). The number of rotatable bonds is 6. The van der Waals surface area contributed by atoms with Crippen LogP contribution in [0.2, 0.25) is 0 Å². The van der Waals surface area contributed by atoms with Gasteiger partial charge in [-0.3, -0.25) is 4.79 Å². The lowest BCUT2D eigenvalue weighted by atomic mass is 9.85. The Morgan fingerprint density at radius 1 is 0.846 bits per heavy atom. The van der Waals surface area contributed by atoms with Gasteiger partial charge in [-0.1, -0.05) is 13.3 Å². The molecule has 1 amide bonds. The third-order valence-corrected chi connectivity index (χ3v) is 8.31. The molecule has 39 heavy (non-hydrogen) atoms. The molecule has 0 spiro atoms. The fourth-order valence-electron chi connectivity index (χ4n) is 5.90. The molecule has 4 aliphatic rings. The molecule has 13 nitrogen and oxygen atoms in total. The second-order valence-corrected chi connectivity index (χ2v) is 11.1. The lowest BCUT2D eigenvalue weighted by Crippen LogP contribution is -2.63. The average Bonchev–Trinajstić information content (AvgIpc) is 3.04. The Bertz CT molecular complexity index is 790. The first kappa shape index (κ1) is 31.0. The first-order chi connectivity index (χ1) is 18.7. The molecule has 1 aliphatic carbocycles. The van der Waals surface area contributed by atoms with Crippen molar-refractivity contribution in [3.63, 3.8) is 0 Å². The van der Waals surface area contributed by atoms with E-state index in [0.29, 0.717) is 32.3 Å². The van der Waals surface area contributed by atoms with Crippen LogP contribution in [0.25, 0.3) is 0 Å². The molecule has 3 heterocycles. The fourth-order valence-corrected chi connectivity index (χ4v) is 5.90. The topological polar surface area (TPSA) is 186 Å². The van der Waals surface area contributed by atoms with Crippen LogP contribution >= 0.6 is 0 Å². The average molecular weight is 564 g/mol. The summed E-state index contributed by atoms with van der Waals surface area (Å²) in [6.45, 7) is 3.42. The lowest BCUT2D eigenvalue weighted by molar-refractivity contribution is -0.351. The minimum atomic E-state index is -1.46. The highest BCUT2D eigenvalue weighted by molar-refractivity contribution is 5.80. The van der Waals surface area contributed by atoms with E-state index in [2.05, 4.69) is 5.32 Å². The smallest absolute Gasteiger partial charge is 0.248 e. The molecule has 13 heteroatoms. The van der Waals surface area contributed by atoms with Crippen LogP contribution in [-0.2, 0) is 33.2 Å². The van der Waals surface area contributed by atoms with Crippen LogP contribution in [-0.4, -0.2) is 131 Å². The fraction of sp³-hybridized carbons (Fsp3) is 0.962. The van der Waals surface area contributed by atoms with Crippen LogP contribution in [0.15, 0.2) is 0 Å². The van der Waals surface area contributed by atoms with Crippen molar-refractivity contribution < 1.29 is 58.7 Å². The number of amides is 1. The number of carbonyl (C=O) groups is 1. The molecular weight excluding hydrogens is 518 g/mol. The molecule has 0 radical (unpaired) electrons. The van der Waals surface area contributed by atoms with Crippen molar-refractivity contribution in [1.82, 2.24) is 5.32 Å². The van der Waals surface area contributed by atoms with E-state index in [9.17, 15) is 30.3 Å². The van der Waals surface area contributed by atoms with Gasteiger partial charge in [0.05, 0.1) is 24.9 Å². The van der Waals surface area contributed by atoms with Crippen LogP contribution in [0.3, 0.4) is 0 Å². The Hall–Kier alpha value is -0.970. The first-order valence-corrected chi connectivity index (χ1v) is 14.1. The second-order valence-electron chi connectivity index (χ2n) is 11.1. The van der Waals surface area contributed by atoms with Crippen LogP contribution in [0.4, 0.5) is 0 Å². The number of fused-ring (bicyclic) bond motifs is 1. The molecule has 226 valence electrons. The highest BCUT2D eigenvalue weighted by atomic mass is 16.7. The summed E-state index contributed by atoms with van der Waals surface area (Å²) in [5.74, 6) is -0.317. The molecule has 3 saturated heterocycles. The molecule has 1 saturated carbocycles. The number of nitrogens with one attached hydrogen (secondary N) is 1. The van der Waals surface area contributed by atoms with Gasteiger partial charge in [0.25, 0.3) is 0 Å². The Morgan fingerprint density at radius 3 is 2.33 bits per heavy atom.